The lowest BCUT2D eigenvalue weighted by Crippen LogP contribution is -2.79. The van der Waals surface area contributed by atoms with Gasteiger partial charge in [-0.2, -0.15) is 0 Å². The third-order valence-electron chi connectivity index (χ3n) is 5.21. The standard InChI is InChI=1S/C15H34O14Si8/c1-30(16)20-31(2,17)23-35(6)26-34(5,22-30)27-36(7)24-32(3,18)21-33(4,19)25-37(28-35,29-36)14-13-15-11-9-8-10-12-15/h8-12,16-19H,13-14H2,1-7H3. The zero-order valence-corrected chi connectivity index (χ0v) is 29.7. The second kappa shape index (κ2) is 9.75. The highest BCUT2D eigenvalue weighted by molar-refractivity contribution is 6.96. The third-order valence-corrected chi connectivity index (χ3v) is 35.3. The summed E-state index contributed by atoms with van der Waals surface area (Å²) in [6.07, 6.45) is 0.414. The molecule has 0 amide bonds. The predicted octanol–water partition coefficient (Wildman–Crippen LogP) is 0.325. The minimum absolute atomic E-state index is 0.133. The monoisotopic (exact) mass is 662 g/mol. The third kappa shape index (κ3) is 7.78. The summed E-state index contributed by atoms with van der Waals surface area (Å²) in [5.41, 5.74) is 0.943. The molecular formula is C15H34O14Si8. The summed E-state index contributed by atoms with van der Waals surface area (Å²) in [5, 5.41) is 0. The van der Waals surface area contributed by atoms with E-state index in [1.165, 1.54) is 45.8 Å². The second-order valence-electron chi connectivity index (χ2n) is 9.87. The van der Waals surface area contributed by atoms with Crippen molar-refractivity contribution in [3.05, 3.63) is 35.9 Å². The van der Waals surface area contributed by atoms with Gasteiger partial charge in [0.25, 0.3) is 0 Å². The molecule has 0 saturated carbocycles. The van der Waals surface area contributed by atoms with Gasteiger partial charge in [-0.05, 0) is 12.0 Å². The predicted molar refractivity (Wildman–Crippen MR) is 142 cm³/mol. The fourth-order valence-corrected chi connectivity index (χ4v) is 41.3. The van der Waals surface area contributed by atoms with Gasteiger partial charge in [0.2, 0.25) is 0 Å². The van der Waals surface area contributed by atoms with Gasteiger partial charge >= 0.3 is 70.4 Å². The minimum Gasteiger partial charge on any atom is -0.391 e. The summed E-state index contributed by atoms with van der Waals surface area (Å²) in [4.78, 5) is 43.9. The average molecular weight is 663 g/mol. The average Bonchev–Trinajstić information content (AvgIpc) is 2.58. The molecule has 4 N–H and O–H groups in total. The zero-order valence-electron chi connectivity index (χ0n) is 21.7. The molecule has 1 aromatic rings. The molecule has 210 valence electrons. The summed E-state index contributed by atoms with van der Waals surface area (Å²) in [6.45, 7) is 9.75. The van der Waals surface area contributed by atoms with Crippen LogP contribution in [0.4, 0.5) is 0 Å². The Morgan fingerprint density at radius 3 is 1.30 bits per heavy atom. The quantitative estimate of drug-likeness (QED) is 0.326. The summed E-state index contributed by atoms with van der Waals surface area (Å²) in [5.74, 6) is 0. The van der Waals surface area contributed by atoms with Crippen LogP contribution in [0.5, 0.6) is 0 Å². The van der Waals surface area contributed by atoms with Crippen molar-refractivity contribution in [1.29, 1.82) is 0 Å². The van der Waals surface area contributed by atoms with Crippen molar-refractivity contribution < 1.29 is 60.3 Å². The first-order valence-corrected chi connectivity index (χ1v) is 29.3. The van der Waals surface area contributed by atoms with Crippen LogP contribution in [0.3, 0.4) is 0 Å². The van der Waals surface area contributed by atoms with Crippen LogP contribution in [0.15, 0.2) is 30.3 Å². The molecule has 0 radical (unpaired) electrons. The van der Waals surface area contributed by atoms with E-state index in [-0.39, 0.29) is 6.04 Å². The molecule has 0 spiro atoms. The van der Waals surface area contributed by atoms with Gasteiger partial charge in [-0.3, -0.25) is 0 Å². The molecule has 0 aromatic heterocycles. The van der Waals surface area contributed by atoms with Crippen molar-refractivity contribution in [2.24, 2.45) is 0 Å². The van der Waals surface area contributed by atoms with Crippen molar-refractivity contribution >= 4 is 70.4 Å². The topological polar surface area (TPSA) is 173 Å². The Hall–Kier alpha value is 0.395. The molecule has 1 aromatic carbocycles. The van der Waals surface area contributed by atoms with Gasteiger partial charge in [0.1, 0.15) is 0 Å². The van der Waals surface area contributed by atoms with Crippen LogP contribution in [0.25, 0.3) is 0 Å². The van der Waals surface area contributed by atoms with Crippen molar-refractivity contribution in [2.75, 3.05) is 0 Å². The van der Waals surface area contributed by atoms with E-state index in [1.54, 1.807) is 0 Å². The summed E-state index contributed by atoms with van der Waals surface area (Å²) in [6, 6.07) is 9.63. The maximum Gasteiger partial charge on any atom is 0.480 e. The number of fused-ring (bicyclic) bond motifs is 4. The molecule has 8 unspecified atom stereocenters. The number of rotatable bonds is 3. The van der Waals surface area contributed by atoms with E-state index in [1.807, 2.05) is 30.3 Å². The number of aryl methyl sites for hydroxylation is 1. The van der Waals surface area contributed by atoms with Crippen molar-refractivity contribution in [3.8, 4) is 0 Å². The fraction of sp³-hybridized carbons (Fsp3) is 0.600. The van der Waals surface area contributed by atoms with Crippen LogP contribution in [0.2, 0.25) is 51.9 Å². The van der Waals surface area contributed by atoms with Gasteiger partial charge in [-0.25, -0.2) is 0 Å². The minimum atomic E-state index is -4.10. The maximum atomic E-state index is 11.1. The zero-order chi connectivity index (χ0) is 27.6. The summed E-state index contributed by atoms with van der Waals surface area (Å²) < 4.78 is 60.9. The molecule has 3 saturated heterocycles. The van der Waals surface area contributed by atoms with Gasteiger partial charge < -0.3 is 60.3 Å². The summed E-state index contributed by atoms with van der Waals surface area (Å²) >= 11 is 0. The van der Waals surface area contributed by atoms with E-state index >= 15 is 0 Å². The van der Waals surface area contributed by atoms with Crippen molar-refractivity contribution in [3.63, 3.8) is 0 Å². The summed E-state index contributed by atoms with van der Waals surface area (Å²) in [7, 11) is -32.2. The van der Waals surface area contributed by atoms with E-state index in [0.717, 1.165) is 5.56 Å². The Balaban J connectivity index is 1.83. The van der Waals surface area contributed by atoms with Gasteiger partial charge in [0.05, 0.1) is 0 Å². The van der Waals surface area contributed by atoms with Crippen molar-refractivity contribution in [2.45, 2.75) is 58.3 Å². The molecule has 3 aliphatic heterocycles. The van der Waals surface area contributed by atoms with Crippen LogP contribution in [-0.2, 0) is 47.6 Å². The Kier molecular flexibility index (Phi) is 8.00. The number of benzene rings is 1. The van der Waals surface area contributed by atoms with Gasteiger partial charge in [0.15, 0.2) is 0 Å². The van der Waals surface area contributed by atoms with Gasteiger partial charge in [0, 0.05) is 51.9 Å². The first kappa shape index (κ1) is 30.4. The largest absolute Gasteiger partial charge is 0.480 e. The molecule has 3 aliphatic rings. The molecule has 0 aliphatic carbocycles. The number of hydrogen-bond acceptors (Lipinski definition) is 14. The highest BCUT2D eigenvalue weighted by atomic mass is 28.6. The SMILES string of the molecule is C[Si]1(O)O[Si](C)(O)O[Si]2(C)O[Si](C)(O1)O[Si]1(C)O[Si](C)(O)O[Si](C)(O)O[Si](CCc3ccccc3)(O2)O1. The molecule has 4 bridgehead atoms. The molecular weight excluding hydrogens is 629 g/mol. The lowest BCUT2D eigenvalue weighted by atomic mass is 10.2. The Morgan fingerprint density at radius 1 is 0.486 bits per heavy atom. The smallest absolute Gasteiger partial charge is 0.391 e. The lowest BCUT2D eigenvalue weighted by Gasteiger charge is -2.53. The normalized spacial score (nSPS) is 51.1. The van der Waals surface area contributed by atoms with Gasteiger partial charge in [-0.15, -0.1) is 0 Å². The second-order valence-corrected chi connectivity index (χ2v) is 32.3. The van der Waals surface area contributed by atoms with E-state index in [2.05, 4.69) is 0 Å². The van der Waals surface area contributed by atoms with Crippen LogP contribution < -0.4 is 0 Å². The van der Waals surface area contributed by atoms with E-state index in [9.17, 15) is 19.2 Å². The highest BCUT2D eigenvalue weighted by Crippen LogP contribution is 2.41. The molecule has 14 nitrogen and oxygen atoms in total. The van der Waals surface area contributed by atoms with Gasteiger partial charge in [-0.1, -0.05) is 30.3 Å². The molecule has 37 heavy (non-hydrogen) atoms. The van der Waals surface area contributed by atoms with Crippen molar-refractivity contribution in [1.82, 2.24) is 0 Å². The molecule has 3 fully saturated rings. The first-order valence-electron chi connectivity index (χ1n) is 11.6. The Morgan fingerprint density at radius 2 is 0.865 bits per heavy atom. The van der Waals surface area contributed by atoms with Crippen LogP contribution >= 0.6 is 0 Å². The maximum absolute atomic E-state index is 11.1. The molecule has 22 heteroatoms. The Bertz CT molecular complexity index is 994. The molecule has 3 heterocycles. The molecule has 4 rings (SSSR count). The number of hydrogen-bond donors (Lipinski definition) is 4. The van der Waals surface area contributed by atoms with Crippen LogP contribution in [-0.4, -0.2) is 89.6 Å². The van der Waals surface area contributed by atoms with E-state index in [0.29, 0.717) is 6.42 Å². The lowest BCUT2D eigenvalue weighted by molar-refractivity contribution is 0.0237. The van der Waals surface area contributed by atoms with Crippen LogP contribution in [0.1, 0.15) is 5.56 Å². The van der Waals surface area contributed by atoms with E-state index < -0.39 is 70.4 Å². The van der Waals surface area contributed by atoms with E-state index in [4.69, 9.17) is 41.2 Å². The fourth-order valence-electron chi connectivity index (χ4n) is 4.69. The Labute approximate surface area is 224 Å². The molecule has 8 atom stereocenters. The first-order chi connectivity index (χ1) is 16.6. The highest BCUT2D eigenvalue weighted by Gasteiger charge is 2.72. The van der Waals surface area contributed by atoms with Crippen LogP contribution in [0, 0.1) is 0 Å².